The number of nitrogens with two attached hydrogens (primary N) is 2. The molecule has 4 N–H and O–H groups in total. The Kier molecular flexibility index (Phi) is 5.15. The Morgan fingerprint density at radius 3 is 2.33 bits per heavy atom. The van der Waals surface area contributed by atoms with Crippen molar-refractivity contribution in [2.45, 2.75) is 24.8 Å². The number of thioether (sulfide) groups is 1. The van der Waals surface area contributed by atoms with E-state index in [1.807, 2.05) is 11.8 Å². The standard InChI is InChI=1S/C12H20N2S/c1-3-15-11-6-4-10(5-7-11)12(14)9(2)8-13/h4-7,9,12H,3,8,13-14H2,1-2H3. The highest BCUT2D eigenvalue weighted by Crippen LogP contribution is 2.23. The van der Waals surface area contributed by atoms with Crippen LogP contribution in [0, 0.1) is 5.92 Å². The van der Waals surface area contributed by atoms with Crippen molar-refractivity contribution in [1.29, 1.82) is 0 Å². The summed E-state index contributed by atoms with van der Waals surface area (Å²) in [6.45, 7) is 4.87. The Bertz CT molecular complexity index is 284. The van der Waals surface area contributed by atoms with E-state index in [-0.39, 0.29) is 6.04 Å². The lowest BCUT2D eigenvalue weighted by atomic mass is 9.96. The van der Waals surface area contributed by atoms with Crippen molar-refractivity contribution in [2.24, 2.45) is 17.4 Å². The van der Waals surface area contributed by atoms with E-state index in [4.69, 9.17) is 11.5 Å². The van der Waals surface area contributed by atoms with E-state index >= 15 is 0 Å². The monoisotopic (exact) mass is 224 g/mol. The zero-order valence-electron chi connectivity index (χ0n) is 9.44. The summed E-state index contributed by atoms with van der Waals surface area (Å²) in [7, 11) is 0. The molecule has 0 saturated heterocycles. The second-order valence-corrected chi connectivity index (χ2v) is 5.08. The Morgan fingerprint density at radius 2 is 1.87 bits per heavy atom. The van der Waals surface area contributed by atoms with Crippen LogP contribution in [-0.2, 0) is 0 Å². The molecule has 0 radical (unpaired) electrons. The van der Waals surface area contributed by atoms with E-state index in [0.29, 0.717) is 12.5 Å². The average molecular weight is 224 g/mol. The van der Waals surface area contributed by atoms with Crippen molar-refractivity contribution in [2.75, 3.05) is 12.3 Å². The number of rotatable bonds is 5. The van der Waals surface area contributed by atoms with Gasteiger partial charge in [-0.3, -0.25) is 0 Å². The van der Waals surface area contributed by atoms with E-state index in [1.165, 1.54) is 10.5 Å². The summed E-state index contributed by atoms with van der Waals surface area (Å²) in [5.74, 6) is 1.43. The van der Waals surface area contributed by atoms with Gasteiger partial charge in [0.05, 0.1) is 0 Å². The van der Waals surface area contributed by atoms with Crippen molar-refractivity contribution in [3.63, 3.8) is 0 Å². The van der Waals surface area contributed by atoms with Crippen LogP contribution in [0.2, 0.25) is 0 Å². The number of hydrogen-bond acceptors (Lipinski definition) is 3. The first kappa shape index (κ1) is 12.6. The molecule has 0 heterocycles. The predicted molar refractivity (Wildman–Crippen MR) is 68.0 cm³/mol. The molecule has 2 unspecified atom stereocenters. The molecule has 0 amide bonds. The highest BCUT2D eigenvalue weighted by atomic mass is 32.2. The van der Waals surface area contributed by atoms with Crippen LogP contribution in [-0.4, -0.2) is 12.3 Å². The largest absolute Gasteiger partial charge is 0.330 e. The van der Waals surface area contributed by atoms with Gasteiger partial charge in [0.2, 0.25) is 0 Å². The lowest BCUT2D eigenvalue weighted by Crippen LogP contribution is -2.25. The maximum atomic E-state index is 6.09. The summed E-state index contributed by atoms with van der Waals surface area (Å²) >= 11 is 1.84. The van der Waals surface area contributed by atoms with Gasteiger partial charge in [-0.1, -0.05) is 26.0 Å². The second-order valence-electron chi connectivity index (χ2n) is 3.74. The van der Waals surface area contributed by atoms with Crippen LogP contribution in [0.4, 0.5) is 0 Å². The lowest BCUT2D eigenvalue weighted by molar-refractivity contribution is 0.481. The minimum Gasteiger partial charge on any atom is -0.330 e. The zero-order valence-corrected chi connectivity index (χ0v) is 10.3. The molecule has 0 bridgehead atoms. The van der Waals surface area contributed by atoms with Crippen molar-refractivity contribution in [3.05, 3.63) is 29.8 Å². The molecule has 15 heavy (non-hydrogen) atoms. The van der Waals surface area contributed by atoms with Gasteiger partial charge < -0.3 is 11.5 Å². The van der Waals surface area contributed by atoms with Crippen molar-refractivity contribution >= 4 is 11.8 Å². The average Bonchev–Trinajstić information content (AvgIpc) is 2.28. The van der Waals surface area contributed by atoms with E-state index in [0.717, 1.165) is 5.75 Å². The van der Waals surface area contributed by atoms with Gasteiger partial charge in [0, 0.05) is 10.9 Å². The summed E-state index contributed by atoms with van der Waals surface area (Å²) < 4.78 is 0. The molecular weight excluding hydrogens is 204 g/mol. The molecule has 0 aliphatic rings. The van der Waals surface area contributed by atoms with E-state index in [9.17, 15) is 0 Å². The minimum atomic E-state index is 0.0516. The molecule has 0 saturated carbocycles. The normalized spacial score (nSPS) is 14.9. The van der Waals surface area contributed by atoms with Crippen LogP contribution in [0.5, 0.6) is 0 Å². The van der Waals surface area contributed by atoms with Crippen molar-refractivity contribution in [1.82, 2.24) is 0 Å². The van der Waals surface area contributed by atoms with E-state index in [1.54, 1.807) is 0 Å². The van der Waals surface area contributed by atoms with Gasteiger partial charge in [0.25, 0.3) is 0 Å². The molecule has 0 aromatic heterocycles. The Labute approximate surface area is 96.4 Å². The summed E-state index contributed by atoms with van der Waals surface area (Å²) in [5.41, 5.74) is 12.9. The molecule has 0 aliphatic heterocycles. The van der Waals surface area contributed by atoms with Gasteiger partial charge in [-0.2, -0.15) is 0 Å². The Balaban J connectivity index is 2.70. The van der Waals surface area contributed by atoms with Crippen molar-refractivity contribution < 1.29 is 0 Å². The third-order valence-corrected chi connectivity index (χ3v) is 3.46. The maximum absolute atomic E-state index is 6.09. The van der Waals surface area contributed by atoms with Gasteiger partial charge >= 0.3 is 0 Å². The van der Waals surface area contributed by atoms with Crippen LogP contribution < -0.4 is 11.5 Å². The fourth-order valence-electron chi connectivity index (χ4n) is 1.43. The Morgan fingerprint density at radius 1 is 1.27 bits per heavy atom. The van der Waals surface area contributed by atoms with Crippen LogP contribution in [0.15, 0.2) is 29.2 Å². The van der Waals surface area contributed by atoms with Crippen LogP contribution >= 0.6 is 11.8 Å². The zero-order chi connectivity index (χ0) is 11.3. The van der Waals surface area contributed by atoms with Gasteiger partial charge in [-0.25, -0.2) is 0 Å². The van der Waals surface area contributed by atoms with Crippen LogP contribution in [0.25, 0.3) is 0 Å². The number of hydrogen-bond donors (Lipinski definition) is 2. The molecule has 1 aromatic carbocycles. The Hall–Kier alpha value is -0.510. The van der Waals surface area contributed by atoms with Gasteiger partial charge in [0.1, 0.15) is 0 Å². The first-order chi connectivity index (χ1) is 7.19. The van der Waals surface area contributed by atoms with Crippen molar-refractivity contribution in [3.8, 4) is 0 Å². The molecule has 0 aliphatic carbocycles. The fourth-order valence-corrected chi connectivity index (χ4v) is 2.09. The highest BCUT2D eigenvalue weighted by molar-refractivity contribution is 7.99. The summed E-state index contributed by atoms with van der Waals surface area (Å²) in [4.78, 5) is 1.30. The van der Waals surface area contributed by atoms with Crippen LogP contribution in [0.3, 0.4) is 0 Å². The smallest absolute Gasteiger partial charge is 0.0332 e. The van der Waals surface area contributed by atoms with Crippen LogP contribution in [0.1, 0.15) is 25.5 Å². The molecule has 2 nitrogen and oxygen atoms in total. The third kappa shape index (κ3) is 3.52. The molecule has 84 valence electrons. The number of benzene rings is 1. The van der Waals surface area contributed by atoms with Gasteiger partial charge in [0.15, 0.2) is 0 Å². The molecule has 1 rings (SSSR count). The van der Waals surface area contributed by atoms with Gasteiger partial charge in [-0.15, -0.1) is 11.8 Å². The first-order valence-electron chi connectivity index (χ1n) is 5.37. The van der Waals surface area contributed by atoms with E-state index in [2.05, 4.69) is 38.1 Å². The second kappa shape index (κ2) is 6.16. The first-order valence-corrected chi connectivity index (χ1v) is 6.36. The third-order valence-electron chi connectivity index (χ3n) is 2.56. The van der Waals surface area contributed by atoms with Gasteiger partial charge in [-0.05, 0) is 35.9 Å². The molecule has 0 spiro atoms. The topological polar surface area (TPSA) is 52.0 Å². The fraction of sp³-hybridized carbons (Fsp3) is 0.500. The summed E-state index contributed by atoms with van der Waals surface area (Å²) in [6.07, 6.45) is 0. The maximum Gasteiger partial charge on any atom is 0.0332 e. The minimum absolute atomic E-state index is 0.0516. The molecule has 2 atom stereocenters. The molecule has 1 aromatic rings. The lowest BCUT2D eigenvalue weighted by Gasteiger charge is -2.18. The van der Waals surface area contributed by atoms with E-state index < -0.39 is 0 Å². The summed E-state index contributed by atoms with van der Waals surface area (Å²) in [6, 6.07) is 8.53. The highest BCUT2D eigenvalue weighted by Gasteiger charge is 2.12. The molecular formula is C12H20N2S. The molecule has 0 fully saturated rings. The predicted octanol–water partition coefficient (Wildman–Crippen LogP) is 2.39. The summed E-state index contributed by atoms with van der Waals surface area (Å²) in [5, 5.41) is 0. The quantitative estimate of drug-likeness (QED) is 0.755. The molecule has 3 heteroatoms. The SMILES string of the molecule is CCSc1ccc(C(N)C(C)CN)cc1.